The fraction of sp³-hybridized carbons (Fsp3) is 0.500. The SMILES string of the molecule is O=C(NCc1cc(Cl)c2c(c1)OCCCO2)[C@@H]1CC[C@H](C(=O)O)O1. The molecule has 2 aliphatic rings. The second kappa shape index (κ2) is 7.27. The summed E-state index contributed by atoms with van der Waals surface area (Å²) < 4.78 is 16.4. The molecule has 2 aliphatic heterocycles. The van der Waals surface area contributed by atoms with Crippen LogP contribution in [0.4, 0.5) is 0 Å². The van der Waals surface area contributed by atoms with Crippen LogP contribution in [-0.4, -0.2) is 42.4 Å². The lowest BCUT2D eigenvalue weighted by atomic mass is 10.1. The van der Waals surface area contributed by atoms with Gasteiger partial charge in [-0.25, -0.2) is 4.79 Å². The second-order valence-corrected chi connectivity index (χ2v) is 6.11. The van der Waals surface area contributed by atoms with E-state index in [1.807, 2.05) is 0 Å². The molecule has 7 nitrogen and oxygen atoms in total. The van der Waals surface area contributed by atoms with Crippen LogP contribution in [0.1, 0.15) is 24.8 Å². The highest BCUT2D eigenvalue weighted by molar-refractivity contribution is 6.32. The van der Waals surface area contributed by atoms with Crippen LogP contribution < -0.4 is 14.8 Å². The lowest BCUT2D eigenvalue weighted by Crippen LogP contribution is -2.35. The van der Waals surface area contributed by atoms with E-state index >= 15 is 0 Å². The van der Waals surface area contributed by atoms with E-state index in [4.69, 9.17) is 30.9 Å². The molecule has 2 atom stereocenters. The predicted octanol–water partition coefficient (Wildman–Crippen LogP) is 1.75. The topological polar surface area (TPSA) is 94.1 Å². The van der Waals surface area contributed by atoms with Crippen LogP contribution in [0, 0.1) is 0 Å². The van der Waals surface area contributed by atoms with Gasteiger partial charge in [-0.2, -0.15) is 0 Å². The van der Waals surface area contributed by atoms with Crippen molar-refractivity contribution < 1.29 is 28.9 Å². The van der Waals surface area contributed by atoms with Crippen molar-refractivity contribution in [2.24, 2.45) is 0 Å². The number of halogens is 1. The molecule has 3 rings (SSSR count). The Kier molecular flexibility index (Phi) is 5.11. The molecule has 8 heteroatoms. The molecule has 2 N–H and O–H groups in total. The van der Waals surface area contributed by atoms with Crippen LogP contribution in [0.25, 0.3) is 0 Å². The summed E-state index contributed by atoms with van der Waals surface area (Å²) in [7, 11) is 0. The maximum Gasteiger partial charge on any atom is 0.332 e. The van der Waals surface area contributed by atoms with Gasteiger partial charge in [0.15, 0.2) is 17.6 Å². The van der Waals surface area contributed by atoms with Crippen molar-refractivity contribution in [3.05, 3.63) is 22.7 Å². The van der Waals surface area contributed by atoms with E-state index in [-0.39, 0.29) is 12.5 Å². The zero-order valence-electron chi connectivity index (χ0n) is 12.9. The molecular formula is C16H18ClNO6. The van der Waals surface area contributed by atoms with E-state index in [1.165, 1.54) is 0 Å². The summed E-state index contributed by atoms with van der Waals surface area (Å²) in [6, 6.07) is 3.49. The Morgan fingerprint density at radius 1 is 1.21 bits per heavy atom. The smallest absolute Gasteiger partial charge is 0.332 e. The van der Waals surface area contributed by atoms with Crippen molar-refractivity contribution in [2.75, 3.05) is 13.2 Å². The molecule has 1 saturated heterocycles. The second-order valence-electron chi connectivity index (χ2n) is 5.70. The lowest BCUT2D eigenvalue weighted by Gasteiger charge is -2.14. The number of ether oxygens (including phenoxy) is 3. The Balaban J connectivity index is 1.61. The number of hydrogen-bond donors (Lipinski definition) is 2. The Bertz CT molecular complexity index is 650. The molecule has 0 saturated carbocycles. The first-order valence-corrected chi connectivity index (χ1v) is 8.16. The Morgan fingerprint density at radius 2 is 1.96 bits per heavy atom. The molecular weight excluding hydrogens is 338 g/mol. The van der Waals surface area contributed by atoms with Gasteiger partial charge in [-0.3, -0.25) is 4.79 Å². The molecule has 0 unspecified atom stereocenters. The summed E-state index contributed by atoms with van der Waals surface area (Å²) in [5, 5.41) is 12.1. The van der Waals surface area contributed by atoms with E-state index in [0.717, 1.165) is 12.0 Å². The molecule has 0 spiro atoms. The summed E-state index contributed by atoms with van der Waals surface area (Å²) in [6.45, 7) is 1.34. The van der Waals surface area contributed by atoms with Gasteiger partial charge in [0.1, 0.15) is 6.10 Å². The summed E-state index contributed by atoms with van der Waals surface area (Å²) in [5.41, 5.74) is 0.769. The zero-order chi connectivity index (χ0) is 17.1. The van der Waals surface area contributed by atoms with E-state index in [1.54, 1.807) is 12.1 Å². The average Bonchev–Trinajstić information content (AvgIpc) is 2.93. The average molecular weight is 356 g/mol. The third-order valence-corrected chi connectivity index (χ3v) is 4.20. The molecule has 0 aromatic heterocycles. The number of carboxylic acid groups (broad SMARTS) is 1. The number of nitrogens with one attached hydrogen (secondary N) is 1. The van der Waals surface area contributed by atoms with Gasteiger partial charge in [0.25, 0.3) is 0 Å². The standard InChI is InChI=1S/C16H18ClNO6/c17-10-6-9(7-13-14(10)23-5-1-4-22-13)8-18-15(19)11-2-3-12(24-11)16(20)21/h6-7,11-12H,1-5,8H2,(H,18,19)(H,20,21)/t11-,12+/m0/s1. The quantitative estimate of drug-likeness (QED) is 0.854. The number of carbonyl (C=O) groups excluding carboxylic acids is 1. The molecule has 1 aromatic rings. The molecule has 0 radical (unpaired) electrons. The van der Waals surface area contributed by atoms with Crippen molar-refractivity contribution in [2.45, 2.75) is 38.0 Å². The number of carboxylic acids is 1. The first-order chi connectivity index (χ1) is 11.5. The number of fused-ring (bicyclic) bond motifs is 1. The summed E-state index contributed by atoms with van der Waals surface area (Å²) >= 11 is 6.21. The number of benzene rings is 1. The van der Waals surface area contributed by atoms with Gasteiger partial charge in [-0.05, 0) is 30.5 Å². The van der Waals surface area contributed by atoms with Crippen LogP contribution in [0.15, 0.2) is 12.1 Å². The third kappa shape index (κ3) is 3.73. The monoisotopic (exact) mass is 355 g/mol. The minimum Gasteiger partial charge on any atom is -0.489 e. The van der Waals surface area contributed by atoms with Crippen molar-refractivity contribution >= 4 is 23.5 Å². The maximum absolute atomic E-state index is 12.1. The highest BCUT2D eigenvalue weighted by Crippen LogP contribution is 2.38. The van der Waals surface area contributed by atoms with Crippen molar-refractivity contribution in [3.8, 4) is 11.5 Å². The van der Waals surface area contributed by atoms with Crippen LogP contribution in [-0.2, 0) is 20.9 Å². The van der Waals surface area contributed by atoms with Gasteiger partial charge in [0, 0.05) is 13.0 Å². The van der Waals surface area contributed by atoms with Crippen LogP contribution in [0.5, 0.6) is 11.5 Å². The molecule has 1 aromatic carbocycles. The van der Waals surface area contributed by atoms with Gasteiger partial charge < -0.3 is 24.6 Å². The Hall–Kier alpha value is -1.99. The molecule has 24 heavy (non-hydrogen) atoms. The zero-order valence-corrected chi connectivity index (χ0v) is 13.7. The number of carbonyl (C=O) groups is 2. The summed E-state index contributed by atoms with van der Waals surface area (Å²) in [6.07, 6.45) is -0.135. The molecule has 130 valence electrons. The van der Waals surface area contributed by atoms with E-state index in [2.05, 4.69) is 5.32 Å². The molecule has 1 amide bonds. The minimum atomic E-state index is -1.04. The van der Waals surface area contributed by atoms with E-state index < -0.39 is 18.2 Å². The highest BCUT2D eigenvalue weighted by Gasteiger charge is 2.34. The largest absolute Gasteiger partial charge is 0.489 e. The molecule has 0 aliphatic carbocycles. The van der Waals surface area contributed by atoms with Crippen LogP contribution >= 0.6 is 11.6 Å². The highest BCUT2D eigenvalue weighted by atomic mass is 35.5. The van der Waals surface area contributed by atoms with Gasteiger partial charge in [-0.15, -0.1) is 0 Å². The summed E-state index contributed by atoms with van der Waals surface area (Å²) in [4.78, 5) is 23.0. The number of amides is 1. The van der Waals surface area contributed by atoms with E-state index in [0.29, 0.717) is 42.6 Å². The normalized spacial score (nSPS) is 22.7. The van der Waals surface area contributed by atoms with Gasteiger partial charge >= 0.3 is 5.97 Å². The molecule has 1 fully saturated rings. The van der Waals surface area contributed by atoms with Gasteiger partial charge in [0.05, 0.1) is 18.2 Å². The first-order valence-electron chi connectivity index (χ1n) is 7.78. The predicted molar refractivity (Wildman–Crippen MR) is 84.4 cm³/mol. The maximum atomic E-state index is 12.1. The summed E-state index contributed by atoms with van der Waals surface area (Å²) in [5.74, 6) is -0.290. The lowest BCUT2D eigenvalue weighted by molar-refractivity contribution is -0.151. The van der Waals surface area contributed by atoms with Gasteiger partial charge in [-0.1, -0.05) is 11.6 Å². The number of aliphatic carboxylic acids is 1. The van der Waals surface area contributed by atoms with E-state index in [9.17, 15) is 9.59 Å². The Morgan fingerprint density at radius 3 is 2.71 bits per heavy atom. The fourth-order valence-electron chi connectivity index (χ4n) is 2.70. The molecule has 0 bridgehead atoms. The van der Waals surface area contributed by atoms with Crippen molar-refractivity contribution in [1.29, 1.82) is 0 Å². The molecule has 2 heterocycles. The number of rotatable bonds is 4. The third-order valence-electron chi connectivity index (χ3n) is 3.92. The van der Waals surface area contributed by atoms with Crippen molar-refractivity contribution in [3.63, 3.8) is 0 Å². The first kappa shape index (κ1) is 16.9. The number of hydrogen-bond acceptors (Lipinski definition) is 5. The fourth-order valence-corrected chi connectivity index (χ4v) is 2.99. The van der Waals surface area contributed by atoms with Crippen LogP contribution in [0.2, 0.25) is 5.02 Å². The Labute approximate surface area is 143 Å². The van der Waals surface area contributed by atoms with Crippen LogP contribution in [0.3, 0.4) is 0 Å². The van der Waals surface area contributed by atoms with Crippen molar-refractivity contribution in [1.82, 2.24) is 5.32 Å². The van der Waals surface area contributed by atoms with Gasteiger partial charge in [0.2, 0.25) is 5.91 Å². The minimum absolute atomic E-state index is 0.243.